The lowest BCUT2D eigenvalue weighted by Crippen LogP contribution is -2.10. The molecule has 0 bridgehead atoms. The van der Waals surface area contributed by atoms with E-state index in [-0.39, 0.29) is 0 Å². The summed E-state index contributed by atoms with van der Waals surface area (Å²) >= 11 is 0. The van der Waals surface area contributed by atoms with Crippen molar-refractivity contribution in [2.75, 3.05) is 4.90 Å². The zero-order chi connectivity index (χ0) is 29.9. The van der Waals surface area contributed by atoms with Crippen LogP contribution < -0.4 is 4.90 Å². The molecule has 0 aliphatic heterocycles. The third-order valence-corrected chi connectivity index (χ3v) is 9.81. The highest BCUT2D eigenvalue weighted by Crippen LogP contribution is 2.45. The molecule has 4 heteroatoms. The van der Waals surface area contributed by atoms with Crippen molar-refractivity contribution in [2.45, 2.75) is 0 Å². The largest absolute Gasteiger partial charge is 0.454 e. The van der Waals surface area contributed by atoms with Crippen molar-refractivity contribution in [3.05, 3.63) is 152 Å². The van der Waals surface area contributed by atoms with Crippen molar-refractivity contribution in [3.8, 4) is 0 Å². The van der Waals surface area contributed by atoms with Gasteiger partial charge in [0.05, 0.1) is 38.8 Å². The van der Waals surface area contributed by atoms with E-state index < -0.39 is 0 Å². The number of para-hydroxylation sites is 5. The maximum absolute atomic E-state index is 6.58. The van der Waals surface area contributed by atoms with Gasteiger partial charge in [-0.3, -0.25) is 0 Å². The fraction of sp³-hybridized carbons (Fsp3) is 0. The molecule has 7 aromatic carbocycles. The predicted molar refractivity (Wildman–Crippen MR) is 192 cm³/mol. The van der Waals surface area contributed by atoms with Crippen LogP contribution in [0.25, 0.3) is 76.6 Å². The fourth-order valence-electron chi connectivity index (χ4n) is 7.93. The van der Waals surface area contributed by atoms with E-state index in [1.165, 1.54) is 49.1 Å². The molecule has 0 aliphatic rings. The van der Waals surface area contributed by atoms with Crippen LogP contribution in [-0.2, 0) is 0 Å². The summed E-state index contributed by atoms with van der Waals surface area (Å²) in [4.78, 5) is 2.33. The number of nitrogens with zero attached hydrogens (tertiary/aromatic N) is 3. The maximum Gasteiger partial charge on any atom is 0.159 e. The Morgan fingerprint density at radius 1 is 0.391 bits per heavy atom. The second-order valence-corrected chi connectivity index (χ2v) is 12.2. The van der Waals surface area contributed by atoms with Crippen LogP contribution in [0.5, 0.6) is 0 Å². The van der Waals surface area contributed by atoms with Crippen LogP contribution in [-0.4, -0.2) is 8.80 Å². The minimum absolute atomic E-state index is 0.877. The van der Waals surface area contributed by atoms with Gasteiger partial charge in [0.2, 0.25) is 0 Å². The second kappa shape index (κ2) is 8.68. The van der Waals surface area contributed by atoms with E-state index in [2.05, 4.69) is 153 Å². The second-order valence-electron chi connectivity index (χ2n) is 12.2. The predicted octanol–water partition coefficient (Wildman–Crippen LogP) is 11.6. The van der Waals surface area contributed by atoms with Crippen molar-refractivity contribution < 1.29 is 4.42 Å². The molecule has 0 radical (unpaired) electrons. The van der Waals surface area contributed by atoms with Crippen LogP contribution in [0.15, 0.2) is 156 Å². The van der Waals surface area contributed by atoms with E-state index in [9.17, 15) is 0 Å². The number of anilines is 3. The number of rotatable bonds is 3. The Kier molecular flexibility index (Phi) is 4.55. The quantitative estimate of drug-likeness (QED) is 0.192. The number of aromatic nitrogens is 2. The summed E-state index contributed by atoms with van der Waals surface area (Å²) in [5, 5.41) is 7.33. The Hall–Kier alpha value is -6.26. The summed E-state index contributed by atoms with van der Waals surface area (Å²) < 4.78 is 11.5. The van der Waals surface area contributed by atoms with Crippen molar-refractivity contribution in [1.82, 2.24) is 8.80 Å². The van der Waals surface area contributed by atoms with E-state index >= 15 is 0 Å². The average Bonchev–Trinajstić information content (AvgIpc) is 3.78. The van der Waals surface area contributed by atoms with Gasteiger partial charge in [0.1, 0.15) is 5.58 Å². The number of benzene rings is 7. The van der Waals surface area contributed by atoms with E-state index in [1.807, 2.05) is 12.1 Å². The number of hydrogen-bond acceptors (Lipinski definition) is 2. The van der Waals surface area contributed by atoms with Gasteiger partial charge in [-0.15, -0.1) is 0 Å². The summed E-state index contributed by atoms with van der Waals surface area (Å²) in [7, 11) is 0. The molecule has 11 aromatic rings. The monoisotopic (exact) mass is 587 g/mol. The molecule has 11 rings (SSSR count). The van der Waals surface area contributed by atoms with Crippen molar-refractivity contribution in [3.63, 3.8) is 0 Å². The van der Waals surface area contributed by atoms with Crippen LogP contribution in [0.3, 0.4) is 0 Å². The maximum atomic E-state index is 6.58. The van der Waals surface area contributed by atoms with Gasteiger partial charge in [0.25, 0.3) is 0 Å². The van der Waals surface area contributed by atoms with Crippen molar-refractivity contribution >= 4 is 93.6 Å². The molecule has 4 aromatic heterocycles. The number of fused-ring (bicyclic) bond motifs is 12. The standard InChI is InChI=1S/C42H25N3O/c1-2-11-26(12-3-1)43(37-19-10-16-33-30-15-6-9-20-39(30)46-42(33)37)27-21-24-36-38(25-27)45-35-18-8-5-14-29(35)32-23-22-31-28-13-4-7-17-34(28)44(36)40(31)41(32)45/h1-25H. The first-order valence-corrected chi connectivity index (χ1v) is 15.7. The lowest BCUT2D eigenvalue weighted by atomic mass is 10.1. The molecule has 0 atom stereocenters. The summed E-state index contributed by atoms with van der Waals surface area (Å²) in [5.41, 5.74) is 12.2. The van der Waals surface area contributed by atoms with Crippen LogP contribution in [0, 0.1) is 0 Å². The van der Waals surface area contributed by atoms with Gasteiger partial charge < -0.3 is 18.1 Å². The van der Waals surface area contributed by atoms with E-state index in [4.69, 9.17) is 4.42 Å². The lowest BCUT2D eigenvalue weighted by molar-refractivity contribution is 0.669. The Bertz CT molecular complexity index is 2980. The Morgan fingerprint density at radius 2 is 1.00 bits per heavy atom. The van der Waals surface area contributed by atoms with E-state index in [0.29, 0.717) is 0 Å². The van der Waals surface area contributed by atoms with Crippen LogP contribution in [0.2, 0.25) is 0 Å². The van der Waals surface area contributed by atoms with Crippen LogP contribution in [0.4, 0.5) is 17.1 Å². The molecule has 0 N–H and O–H groups in total. The Labute approximate surface area is 262 Å². The zero-order valence-corrected chi connectivity index (χ0v) is 24.7. The summed E-state index contributed by atoms with van der Waals surface area (Å²) in [6.07, 6.45) is 0. The third-order valence-electron chi connectivity index (χ3n) is 9.81. The SMILES string of the molecule is c1ccc(N(c2ccc3c(c2)n2c4ccccc4c4ccc5c6ccccc6n3c5c42)c2cccc3c2oc2ccccc23)cc1. The molecule has 0 fully saturated rings. The van der Waals surface area contributed by atoms with Gasteiger partial charge in [-0.1, -0.05) is 97.1 Å². The van der Waals surface area contributed by atoms with Gasteiger partial charge >= 0.3 is 0 Å². The third kappa shape index (κ3) is 2.98. The smallest absolute Gasteiger partial charge is 0.159 e. The molecular formula is C42H25N3O. The molecule has 4 heterocycles. The van der Waals surface area contributed by atoms with E-state index in [1.54, 1.807) is 0 Å². The molecule has 0 saturated carbocycles. The minimum atomic E-state index is 0.877. The molecule has 0 aliphatic carbocycles. The highest BCUT2D eigenvalue weighted by atomic mass is 16.3. The molecule has 0 saturated heterocycles. The minimum Gasteiger partial charge on any atom is -0.454 e. The van der Waals surface area contributed by atoms with Gasteiger partial charge in [-0.05, 0) is 54.6 Å². The summed E-state index contributed by atoms with van der Waals surface area (Å²) in [5.74, 6) is 0. The van der Waals surface area contributed by atoms with Gasteiger partial charge in [0, 0.05) is 43.7 Å². The molecule has 46 heavy (non-hydrogen) atoms. The number of furan rings is 1. The molecule has 4 nitrogen and oxygen atoms in total. The van der Waals surface area contributed by atoms with Gasteiger partial charge in [-0.2, -0.15) is 0 Å². The van der Waals surface area contributed by atoms with Gasteiger partial charge in [0.15, 0.2) is 5.58 Å². The van der Waals surface area contributed by atoms with E-state index in [0.717, 1.165) is 44.5 Å². The highest BCUT2D eigenvalue weighted by Gasteiger charge is 2.24. The molecular weight excluding hydrogens is 562 g/mol. The zero-order valence-electron chi connectivity index (χ0n) is 24.7. The van der Waals surface area contributed by atoms with Crippen molar-refractivity contribution in [2.24, 2.45) is 0 Å². The van der Waals surface area contributed by atoms with Crippen molar-refractivity contribution in [1.29, 1.82) is 0 Å². The Morgan fingerprint density at radius 3 is 1.74 bits per heavy atom. The molecule has 214 valence electrons. The first-order valence-electron chi connectivity index (χ1n) is 15.7. The molecule has 0 spiro atoms. The lowest BCUT2D eigenvalue weighted by Gasteiger charge is -2.26. The number of hydrogen-bond donors (Lipinski definition) is 0. The molecule has 0 amide bonds. The average molecular weight is 588 g/mol. The first kappa shape index (κ1) is 24.1. The summed E-state index contributed by atoms with van der Waals surface area (Å²) in [6, 6.07) is 54.4. The Balaban J connectivity index is 1.31. The molecule has 0 unspecified atom stereocenters. The van der Waals surface area contributed by atoms with Gasteiger partial charge in [-0.25, -0.2) is 0 Å². The topological polar surface area (TPSA) is 25.2 Å². The fourth-order valence-corrected chi connectivity index (χ4v) is 7.93. The summed E-state index contributed by atoms with van der Waals surface area (Å²) in [6.45, 7) is 0. The van der Waals surface area contributed by atoms with Crippen LogP contribution >= 0.6 is 0 Å². The highest BCUT2D eigenvalue weighted by molar-refractivity contribution is 6.25. The normalized spacial score (nSPS) is 12.3. The van der Waals surface area contributed by atoms with Crippen LogP contribution in [0.1, 0.15) is 0 Å². The first-order chi connectivity index (χ1) is 22.8.